The number of hydrogen-bond acceptors (Lipinski definition) is 7. The van der Waals surface area contributed by atoms with Gasteiger partial charge in [0.25, 0.3) is 5.89 Å². The fourth-order valence-corrected chi connectivity index (χ4v) is 2.02. The van der Waals surface area contributed by atoms with Crippen LogP contribution in [0.1, 0.15) is 11.5 Å². The zero-order chi connectivity index (χ0) is 12.4. The highest BCUT2D eigenvalue weighted by Gasteiger charge is 2.12. The molecule has 0 aliphatic carbocycles. The average molecular weight is 259 g/mol. The molecule has 0 aliphatic rings. The summed E-state index contributed by atoms with van der Waals surface area (Å²) in [6.45, 7) is 0. The van der Waals surface area contributed by atoms with Crippen molar-refractivity contribution in [3.05, 3.63) is 41.3 Å². The van der Waals surface area contributed by atoms with Crippen molar-refractivity contribution >= 4 is 16.5 Å². The largest absolute Gasteiger partial charge is 0.375 e. The summed E-state index contributed by atoms with van der Waals surface area (Å²) in [5.74, 6) is 0.962. The molecule has 0 atom stereocenters. The Hall–Kier alpha value is -2.28. The second-order valence-corrected chi connectivity index (χ2v) is 4.47. The molecule has 0 radical (unpaired) electrons. The first kappa shape index (κ1) is 10.8. The van der Waals surface area contributed by atoms with Crippen LogP contribution in [0.2, 0.25) is 0 Å². The van der Waals surface area contributed by atoms with E-state index in [-0.39, 0.29) is 0 Å². The number of nitrogen functional groups attached to an aromatic ring is 1. The van der Waals surface area contributed by atoms with Crippen molar-refractivity contribution in [3.63, 3.8) is 0 Å². The molecule has 2 N–H and O–H groups in total. The maximum atomic E-state index is 5.55. The van der Waals surface area contributed by atoms with Gasteiger partial charge in [0.15, 0.2) is 11.0 Å². The number of rotatable bonds is 3. The van der Waals surface area contributed by atoms with Crippen LogP contribution in [0.15, 0.2) is 34.3 Å². The Morgan fingerprint density at radius 2 is 2.22 bits per heavy atom. The highest BCUT2D eigenvalue weighted by atomic mass is 32.1. The zero-order valence-corrected chi connectivity index (χ0v) is 10.1. The fourth-order valence-electron chi connectivity index (χ4n) is 1.48. The standard InChI is InChI=1S/C11H9N5OS/c12-11-14-8(6-18-11)10-15-9(16-17-10)5-7-3-1-2-4-13-7/h1-4,6H,5H2,(H2,12,14). The second-order valence-electron chi connectivity index (χ2n) is 3.58. The van der Waals surface area contributed by atoms with E-state index in [1.54, 1.807) is 11.6 Å². The van der Waals surface area contributed by atoms with E-state index in [9.17, 15) is 0 Å². The van der Waals surface area contributed by atoms with Gasteiger partial charge in [0.2, 0.25) is 0 Å². The summed E-state index contributed by atoms with van der Waals surface area (Å²) >= 11 is 1.34. The fraction of sp³-hybridized carbons (Fsp3) is 0.0909. The van der Waals surface area contributed by atoms with Crippen LogP contribution in [0.3, 0.4) is 0 Å². The molecule has 0 aromatic carbocycles. The van der Waals surface area contributed by atoms with Gasteiger partial charge in [-0.25, -0.2) is 4.98 Å². The summed E-state index contributed by atoms with van der Waals surface area (Å²) in [7, 11) is 0. The summed E-state index contributed by atoms with van der Waals surface area (Å²) in [5.41, 5.74) is 7.05. The van der Waals surface area contributed by atoms with Crippen molar-refractivity contribution in [2.45, 2.75) is 6.42 Å². The first-order valence-corrected chi connectivity index (χ1v) is 6.13. The number of anilines is 1. The van der Waals surface area contributed by atoms with Gasteiger partial charge in [0.1, 0.15) is 5.69 Å². The van der Waals surface area contributed by atoms with Crippen LogP contribution < -0.4 is 5.73 Å². The normalized spacial score (nSPS) is 10.7. The molecule has 18 heavy (non-hydrogen) atoms. The van der Waals surface area contributed by atoms with Gasteiger partial charge in [-0.15, -0.1) is 11.3 Å². The van der Waals surface area contributed by atoms with Crippen molar-refractivity contribution in [3.8, 4) is 11.6 Å². The van der Waals surface area contributed by atoms with Gasteiger partial charge in [0, 0.05) is 17.3 Å². The summed E-state index contributed by atoms with van der Waals surface area (Å²) in [5, 5.41) is 6.16. The highest BCUT2D eigenvalue weighted by Crippen LogP contribution is 2.21. The summed E-state index contributed by atoms with van der Waals surface area (Å²) in [6.07, 6.45) is 2.27. The van der Waals surface area contributed by atoms with Gasteiger partial charge in [-0.1, -0.05) is 11.2 Å². The number of aromatic nitrogens is 4. The summed E-state index contributed by atoms with van der Waals surface area (Å²) in [6, 6.07) is 5.70. The van der Waals surface area contributed by atoms with E-state index in [1.807, 2.05) is 18.2 Å². The molecule has 0 amide bonds. The number of nitrogens with zero attached hydrogens (tertiary/aromatic N) is 4. The lowest BCUT2D eigenvalue weighted by molar-refractivity contribution is 0.422. The molecule has 3 aromatic heterocycles. The lowest BCUT2D eigenvalue weighted by atomic mass is 10.2. The van der Waals surface area contributed by atoms with Crippen molar-refractivity contribution in [2.24, 2.45) is 0 Å². The van der Waals surface area contributed by atoms with E-state index in [1.165, 1.54) is 11.3 Å². The van der Waals surface area contributed by atoms with E-state index in [0.717, 1.165) is 5.69 Å². The predicted molar refractivity (Wildman–Crippen MR) is 66.9 cm³/mol. The van der Waals surface area contributed by atoms with Crippen LogP contribution in [0.25, 0.3) is 11.6 Å². The Kier molecular flexibility index (Phi) is 2.73. The van der Waals surface area contributed by atoms with Gasteiger partial charge in [-0.3, -0.25) is 4.98 Å². The molecule has 3 aromatic rings. The molecule has 7 heteroatoms. The Bertz CT molecular complexity index is 648. The predicted octanol–water partition coefficient (Wildman–Crippen LogP) is 1.76. The van der Waals surface area contributed by atoms with E-state index in [2.05, 4.69) is 20.1 Å². The molecule has 90 valence electrons. The molecule has 6 nitrogen and oxygen atoms in total. The van der Waals surface area contributed by atoms with Gasteiger partial charge in [0.05, 0.1) is 6.42 Å². The van der Waals surface area contributed by atoms with Gasteiger partial charge < -0.3 is 10.3 Å². The number of pyridine rings is 1. The first-order valence-electron chi connectivity index (χ1n) is 5.25. The minimum Gasteiger partial charge on any atom is -0.375 e. The Balaban J connectivity index is 1.82. The van der Waals surface area contributed by atoms with Crippen molar-refractivity contribution < 1.29 is 4.52 Å². The zero-order valence-electron chi connectivity index (χ0n) is 9.28. The second kappa shape index (κ2) is 4.53. The SMILES string of the molecule is Nc1nc(-c2nc(Cc3ccccn3)no2)cs1. The topological polar surface area (TPSA) is 90.7 Å². The van der Waals surface area contributed by atoms with Crippen LogP contribution in [-0.2, 0) is 6.42 Å². The van der Waals surface area contributed by atoms with Gasteiger partial charge >= 0.3 is 0 Å². The molecular formula is C11H9N5OS. The smallest absolute Gasteiger partial charge is 0.277 e. The van der Waals surface area contributed by atoms with E-state index >= 15 is 0 Å². The van der Waals surface area contributed by atoms with Crippen molar-refractivity contribution in [2.75, 3.05) is 5.73 Å². The Labute approximate surface area is 107 Å². The lowest BCUT2D eigenvalue weighted by Crippen LogP contribution is -1.93. The average Bonchev–Trinajstić information content (AvgIpc) is 2.99. The molecule has 3 heterocycles. The summed E-state index contributed by atoms with van der Waals surface area (Å²) in [4.78, 5) is 12.6. The molecule has 0 aliphatic heterocycles. The molecular weight excluding hydrogens is 250 g/mol. The molecule has 0 unspecified atom stereocenters. The Morgan fingerprint density at radius 1 is 1.28 bits per heavy atom. The van der Waals surface area contributed by atoms with Crippen LogP contribution in [0.5, 0.6) is 0 Å². The van der Waals surface area contributed by atoms with E-state index in [0.29, 0.717) is 29.0 Å². The summed E-state index contributed by atoms with van der Waals surface area (Å²) < 4.78 is 5.14. The molecule has 3 rings (SSSR count). The number of hydrogen-bond donors (Lipinski definition) is 1. The lowest BCUT2D eigenvalue weighted by Gasteiger charge is -1.92. The molecule has 0 fully saturated rings. The van der Waals surface area contributed by atoms with Crippen LogP contribution in [0.4, 0.5) is 5.13 Å². The van der Waals surface area contributed by atoms with Gasteiger partial charge in [-0.2, -0.15) is 4.98 Å². The molecule has 0 saturated heterocycles. The Morgan fingerprint density at radius 3 is 2.94 bits per heavy atom. The maximum Gasteiger partial charge on any atom is 0.277 e. The maximum absolute atomic E-state index is 5.55. The van der Waals surface area contributed by atoms with E-state index in [4.69, 9.17) is 10.3 Å². The number of thiazole rings is 1. The highest BCUT2D eigenvalue weighted by molar-refractivity contribution is 7.13. The minimum absolute atomic E-state index is 0.383. The third kappa shape index (κ3) is 2.21. The van der Waals surface area contributed by atoms with E-state index < -0.39 is 0 Å². The monoisotopic (exact) mass is 259 g/mol. The van der Waals surface area contributed by atoms with Crippen LogP contribution >= 0.6 is 11.3 Å². The minimum atomic E-state index is 0.383. The quantitative estimate of drug-likeness (QED) is 0.770. The van der Waals surface area contributed by atoms with Crippen LogP contribution in [-0.4, -0.2) is 20.1 Å². The van der Waals surface area contributed by atoms with Gasteiger partial charge in [-0.05, 0) is 12.1 Å². The van der Waals surface area contributed by atoms with Crippen molar-refractivity contribution in [1.82, 2.24) is 20.1 Å². The molecule has 0 bridgehead atoms. The van der Waals surface area contributed by atoms with Crippen molar-refractivity contribution in [1.29, 1.82) is 0 Å². The molecule has 0 spiro atoms. The third-order valence-corrected chi connectivity index (χ3v) is 2.95. The third-order valence-electron chi connectivity index (χ3n) is 2.27. The molecule has 0 saturated carbocycles. The van der Waals surface area contributed by atoms with Crippen LogP contribution in [0, 0.1) is 0 Å². The first-order chi connectivity index (χ1) is 8.81. The number of nitrogens with two attached hydrogens (primary N) is 1.